The number of hydrogen-bond acceptors (Lipinski definition) is 4. The fraction of sp³-hybridized carbons (Fsp3) is 0.300. The first kappa shape index (κ1) is 19.8. The average molecular weight is 376 g/mol. The summed E-state index contributed by atoms with van der Waals surface area (Å²) in [4.78, 5) is 23.8. The third-order valence-electron chi connectivity index (χ3n) is 3.85. The summed E-state index contributed by atoms with van der Waals surface area (Å²) in [5.41, 5.74) is 3.61. The van der Waals surface area contributed by atoms with Crippen LogP contribution >= 0.6 is 11.6 Å². The summed E-state index contributed by atoms with van der Waals surface area (Å²) >= 11 is 5.94. The quantitative estimate of drug-likeness (QED) is 0.740. The Balaban J connectivity index is 1.82. The largest absolute Gasteiger partial charge is 0.482 e. The molecule has 0 aromatic heterocycles. The molecule has 0 aliphatic heterocycles. The zero-order chi connectivity index (χ0) is 19.1. The van der Waals surface area contributed by atoms with Crippen LogP contribution in [0.1, 0.15) is 23.6 Å². The fourth-order valence-corrected chi connectivity index (χ4v) is 2.53. The van der Waals surface area contributed by atoms with Gasteiger partial charge in [-0.1, -0.05) is 36.7 Å². The lowest BCUT2D eigenvalue weighted by Crippen LogP contribution is -2.24. The van der Waals surface area contributed by atoms with E-state index < -0.39 is 5.97 Å². The minimum Gasteiger partial charge on any atom is -0.482 e. The summed E-state index contributed by atoms with van der Waals surface area (Å²) in [5.74, 6) is -0.487. The first-order valence-corrected chi connectivity index (χ1v) is 8.71. The Kier molecular flexibility index (Phi) is 7.04. The lowest BCUT2D eigenvalue weighted by molar-refractivity contribution is -0.149. The number of anilines is 1. The lowest BCUT2D eigenvalue weighted by Gasteiger charge is -2.13. The summed E-state index contributed by atoms with van der Waals surface area (Å²) in [7, 11) is 0. The molecule has 0 saturated carbocycles. The number of para-hydroxylation sites is 1. The minimum absolute atomic E-state index is 0.279. The van der Waals surface area contributed by atoms with Crippen molar-refractivity contribution in [3.05, 3.63) is 58.1 Å². The van der Waals surface area contributed by atoms with Crippen molar-refractivity contribution in [3.63, 3.8) is 0 Å². The van der Waals surface area contributed by atoms with Crippen molar-refractivity contribution >= 4 is 29.2 Å². The van der Waals surface area contributed by atoms with Crippen LogP contribution in [0, 0.1) is 13.8 Å². The Morgan fingerprint density at radius 1 is 1.08 bits per heavy atom. The van der Waals surface area contributed by atoms with Gasteiger partial charge in [-0.3, -0.25) is 4.79 Å². The first-order chi connectivity index (χ1) is 12.4. The number of carbonyl (C=O) groups excluding carboxylic acids is 2. The number of nitrogens with one attached hydrogen (secondary N) is 1. The van der Waals surface area contributed by atoms with E-state index in [-0.39, 0.29) is 19.1 Å². The van der Waals surface area contributed by atoms with E-state index >= 15 is 0 Å². The molecule has 0 saturated heterocycles. The fourth-order valence-electron chi connectivity index (χ4n) is 2.41. The highest BCUT2D eigenvalue weighted by Crippen LogP contribution is 2.22. The normalized spacial score (nSPS) is 10.3. The van der Waals surface area contributed by atoms with E-state index in [0.29, 0.717) is 10.8 Å². The van der Waals surface area contributed by atoms with E-state index in [2.05, 4.69) is 5.32 Å². The maximum atomic E-state index is 12.0. The van der Waals surface area contributed by atoms with Crippen molar-refractivity contribution in [3.8, 4) is 5.75 Å². The SMILES string of the molecule is CCc1cccc(C)c1NC(=O)COC(=O)COc1ccc(Cl)c(C)c1. The number of aryl methyl sites for hydroxylation is 3. The molecule has 0 spiro atoms. The highest BCUT2D eigenvalue weighted by atomic mass is 35.5. The highest BCUT2D eigenvalue weighted by Gasteiger charge is 2.12. The Morgan fingerprint density at radius 3 is 2.54 bits per heavy atom. The summed E-state index contributed by atoms with van der Waals surface area (Å²) in [6.45, 7) is 5.13. The Hall–Kier alpha value is -2.53. The van der Waals surface area contributed by atoms with E-state index in [1.807, 2.05) is 39.0 Å². The molecule has 26 heavy (non-hydrogen) atoms. The van der Waals surface area contributed by atoms with E-state index in [4.69, 9.17) is 21.1 Å². The van der Waals surface area contributed by atoms with Crippen molar-refractivity contribution in [1.82, 2.24) is 0 Å². The van der Waals surface area contributed by atoms with Crippen molar-refractivity contribution < 1.29 is 19.1 Å². The van der Waals surface area contributed by atoms with Crippen molar-refractivity contribution in [2.24, 2.45) is 0 Å². The minimum atomic E-state index is -0.617. The number of rotatable bonds is 7. The van der Waals surface area contributed by atoms with Crippen LogP contribution in [-0.4, -0.2) is 25.1 Å². The molecule has 138 valence electrons. The number of halogens is 1. The molecular formula is C20H22ClNO4. The van der Waals surface area contributed by atoms with Crippen LogP contribution in [0.2, 0.25) is 5.02 Å². The van der Waals surface area contributed by atoms with Crippen LogP contribution in [-0.2, 0) is 20.7 Å². The van der Waals surface area contributed by atoms with E-state index in [1.54, 1.807) is 18.2 Å². The van der Waals surface area contributed by atoms with Gasteiger partial charge in [-0.25, -0.2) is 4.79 Å². The Morgan fingerprint density at radius 2 is 1.85 bits per heavy atom. The predicted octanol–water partition coefficient (Wildman–Crippen LogP) is 4.08. The number of esters is 1. The van der Waals surface area contributed by atoms with Gasteiger partial charge >= 0.3 is 5.97 Å². The monoisotopic (exact) mass is 375 g/mol. The molecule has 0 fully saturated rings. The summed E-state index contributed by atoms with van der Waals surface area (Å²) in [5, 5.41) is 3.43. The van der Waals surface area contributed by atoms with Gasteiger partial charge in [0.15, 0.2) is 13.2 Å². The van der Waals surface area contributed by atoms with Gasteiger partial charge in [0.05, 0.1) is 0 Å². The van der Waals surface area contributed by atoms with Gasteiger partial charge in [-0.05, 0) is 55.2 Å². The smallest absolute Gasteiger partial charge is 0.344 e. The highest BCUT2D eigenvalue weighted by molar-refractivity contribution is 6.31. The number of ether oxygens (including phenoxy) is 2. The molecule has 1 N–H and O–H groups in total. The van der Waals surface area contributed by atoms with Crippen molar-refractivity contribution in [2.45, 2.75) is 27.2 Å². The van der Waals surface area contributed by atoms with Gasteiger partial charge < -0.3 is 14.8 Å². The second-order valence-electron chi connectivity index (χ2n) is 5.87. The number of benzene rings is 2. The zero-order valence-electron chi connectivity index (χ0n) is 15.1. The van der Waals surface area contributed by atoms with Crippen LogP contribution < -0.4 is 10.1 Å². The number of amides is 1. The predicted molar refractivity (Wildman–Crippen MR) is 102 cm³/mol. The van der Waals surface area contributed by atoms with E-state index in [1.165, 1.54) is 0 Å². The number of hydrogen-bond donors (Lipinski definition) is 1. The topological polar surface area (TPSA) is 64.6 Å². The molecule has 0 aliphatic carbocycles. The molecule has 0 unspecified atom stereocenters. The van der Waals surface area contributed by atoms with E-state index in [0.717, 1.165) is 28.8 Å². The second-order valence-corrected chi connectivity index (χ2v) is 6.28. The maximum absolute atomic E-state index is 12.0. The lowest BCUT2D eigenvalue weighted by atomic mass is 10.1. The van der Waals surface area contributed by atoms with Crippen LogP contribution in [0.25, 0.3) is 0 Å². The van der Waals surface area contributed by atoms with Crippen LogP contribution in [0.5, 0.6) is 5.75 Å². The standard InChI is InChI=1S/C20H22ClNO4/c1-4-15-7-5-6-13(2)20(15)22-18(23)11-26-19(24)12-25-16-8-9-17(21)14(3)10-16/h5-10H,4,11-12H2,1-3H3,(H,22,23). The molecule has 0 atom stereocenters. The molecule has 2 aromatic rings. The molecule has 2 aromatic carbocycles. The summed E-state index contributed by atoms with van der Waals surface area (Å²) in [6, 6.07) is 10.9. The van der Waals surface area contributed by atoms with E-state index in [9.17, 15) is 9.59 Å². The van der Waals surface area contributed by atoms with Gasteiger partial charge in [0.1, 0.15) is 5.75 Å². The van der Waals surface area contributed by atoms with Gasteiger partial charge in [-0.2, -0.15) is 0 Å². The third kappa shape index (κ3) is 5.49. The van der Waals surface area contributed by atoms with Crippen LogP contribution in [0.3, 0.4) is 0 Å². The van der Waals surface area contributed by atoms with Gasteiger partial charge in [0.25, 0.3) is 5.91 Å². The molecular weight excluding hydrogens is 354 g/mol. The Labute approximate surface area is 158 Å². The third-order valence-corrected chi connectivity index (χ3v) is 4.28. The molecule has 1 amide bonds. The van der Waals surface area contributed by atoms with Gasteiger partial charge in [0.2, 0.25) is 0 Å². The molecule has 0 aliphatic rings. The molecule has 5 nitrogen and oxygen atoms in total. The van der Waals surface area contributed by atoms with Gasteiger partial charge in [-0.15, -0.1) is 0 Å². The van der Waals surface area contributed by atoms with Crippen molar-refractivity contribution in [2.75, 3.05) is 18.5 Å². The number of carbonyl (C=O) groups is 2. The van der Waals surface area contributed by atoms with Crippen molar-refractivity contribution in [1.29, 1.82) is 0 Å². The first-order valence-electron chi connectivity index (χ1n) is 8.33. The van der Waals surface area contributed by atoms with Crippen LogP contribution in [0.15, 0.2) is 36.4 Å². The average Bonchev–Trinajstić information content (AvgIpc) is 2.62. The molecule has 0 heterocycles. The molecule has 0 bridgehead atoms. The summed E-state index contributed by atoms with van der Waals surface area (Å²) < 4.78 is 10.3. The zero-order valence-corrected chi connectivity index (χ0v) is 15.9. The van der Waals surface area contributed by atoms with Gasteiger partial charge in [0, 0.05) is 10.7 Å². The Bertz CT molecular complexity index is 804. The summed E-state index contributed by atoms with van der Waals surface area (Å²) in [6.07, 6.45) is 0.797. The second kappa shape index (κ2) is 9.25. The van der Waals surface area contributed by atoms with Crippen LogP contribution in [0.4, 0.5) is 5.69 Å². The molecule has 2 rings (SSSR count). The molecule has 0 radical (unpaired) electrons. The molecule has 6 heteroatoms. The maximum Gasteiger partial charge on any atom is 0.344 e.